The number of rotatable bonds is 1. The predicted molar refractivity (Wildman–Crippen MR) is 41.8 cm³/mol. The molecule has 0 amide bonds. The Balaban J connectivity index is 2.53. The smallest absolute Gasteiger partial charge is 0.0470 e. The first-order valence-electron chi connectivity index (χ1n) is 3.35. The largest absolute Gasteiger partial charge is 0.122 e. The van der Waals surface area contributed by atoms with E-state index in [1.165, 1.54) is 24.8 Å². The molecule has 1 aliphatic carbocycles. The molecule has 0 nitrogen and oxygen atoms in total. The van der Waals surface area contributed by atoms with Crippen LogP contribution in [0, 0.1) is 0 Å². The maximum Gasteiger partial charge on any atom is 0.0470 e. The van der Waals surface area contributed by atoms with Crippen LogP contribution in [0.1, 0.15) is 19.3 Å². The molecular weight excluding hydrogens is 132 g/mol. The van der Waals surface area contributed by atoms with Gasteiger partial charge in [0.05, 0.1) is 0 Å². The molecule has 0 radical (unpaired) electrons. The highest BCUT2D eigenvalue weighted by Crippen LogP contribution is 2.10. The molecule has 1 aliphatic rings. The molecule has 0 unspecified atom stereocenters. The molecule has 0 fully saturated rings. The highest BCUT2D eigenvalue weighted by Gasteiger charge is 1.92. The standard InChI is InChI=1S/C8H11Cl/c9-7-8-5-3-1-2-4-6-8/h3,5-6H,1-2,4,7H2. The third-order valence-corrected chi connectivity index (χ3v) is 1.78. The van der Waals surface area contributed by atoms with Crippen LogP contribution < -0.4 is 0 Å². The van der Waals surface area contributed by atoms with Crippen molar-refractivity contribution in [2.24, 2.45) is 0 Å². The van der Waals surface area contributed by atoms with E-state index in [2.05, 4.69) is 18.2 Å². The van der Waals surface area contributed by atoms with Crippen LogP contribution in [0.25, 0.3) is 0 Å². The van der Waals surface area contributed by atoms with E-state index in [0.717, 1.165) is 0 Å². The quantitative estimate of drug-likeness (QED) is 0.494. The zero-order valence-electron chi connectivity index (χ0n) is 5.44. The van der Waals surface area contributed by atoms with E-state index >= 15 is 0 Å². The van der Waals surface area contributed by atoms with Gasteiger partial charge in [-0.25, -0.2) is 0 Å². The summed E-state index contributed by atoms with van der Waals surface area (Å²) in [5.41, 5.74) is 1.27. The average molecular weight is 143 g/mol. The van der Waals surface area contributed by atoms with Crippen LogP contribution in [0.2, 0.25) is 0 Å². The van der Waals surface area contributed by atoms with Crippen molar-refractivity contribution in [2.45, 2.75) is 19.3 Å². The Hall–Kier alpha value is -0.230. The van der Waals surface area contributed by atoms with E-state index in [9.17, 15) is 0 Å². The topological polar surface area (TPSA) is 0 Å². The minimum absolute atomic E-state index is 0.663. The van der Waals surface area contributed by atoms with Gasteiger partial charge in [-0.2, -0.15) is 0 Å². The molecule has 50 valence electrons. The van der Waals surface area contributed by atoms with Gasteiger partial charge in [-0.1, -0.05) is 18.2 Å². The Morgan fingerprint density at radius 3 is 3.11 bits per heavy atom. The Morgan fingerprint density at radius 2 is 2.33 bits per heavy atom. The van der Waals surface area contributed by atoms with E-state index in [-0.39, 0.29) is 0 Å². The van der Waals surface area contributed by atoms with Gasteiger partial charge >= 0.3 is 0 Å². The van der Waals surface area contributed by atoms with Crippen molar-refractivity contribution in [1.29, 1.82) is 0 Å². The first-order valence-corrected chi connectivity index (χ1v) is 3.88. The van der Waals surface area contributed by atoms with Crippen molar-refractivity contribution in [1.82, 2.24) is 0 Å². The first-order chi connectivity index (χ1) is 4.43. The molecular formula is C8H11Cl. The lowest BCUT2D eigenvalue weighted by Gasteiger charge is -1.89. The highest BCUT2D eigenvalue weighted by molar-refractivity contribution is 6.19. The Bertz CT molecular complexity index is 134. The zero-order chi connectivity index (χ0) is 6.53. The van der Waals surface area contributed by atoms with Crippen LogP contribution in [-0.2, 0) is 0 Å². The normalized spacial score (nSPS) is 19.0. The first kappa shape index (κ1) is 6.88. The maximum atomic E-state index is 5.63. The molecule has 0 aliphatic heterocycles. The van der Waals surface area contributed by atoms with Gasteiger partial charge in [0.15, 0.2) is 0 Å². The lowest BCUT2D eigenvalue weighted by atomic mass is 10.2. The van der Waals surface area contributed by atoms with Crippen LogP contribution in [-0.4, -0.2) is 5.88 Å². The Labute approximate surface area is 61.2 Å². The fourth-order valence-corrected chi connectivity index (χ4v) is 1.12. The summed E-state index contributed by atoms with van der Waals surface area (Å²) in [5.74, 6) is 0.663. The molecule has 0 saturated carbocycles. The summed E-state index contributed by atoms with van der Waals surface area (Å²) in [6.07, 6.45) is 10.2. The molecule has 0 aromatic rings. The van der Waals surface area contributed by atoms with Gasteiger partial charge in [-0.05, 0) is 24.8 Å². The van der Waals surface area contributed by atoms with Crippen molar-refractivity contribution in [2.75, 3.05) is 5.88 Å². The molecule has 0 aromatic heterocycles. The van der Waals surface area contributed by atoms with Gasteiger partial charge < -0.3 is 0 Å². The summed E-state index contributed by atoms with van der Waals surface area (Å²) in [6.45, 7) is 0. The molecule has 0 spiro atoms. The summed E-state index contributed by atoms with van der Waals surface area (Å²) in [5, 5.41) is 0. The molecule has 9 heavy (non-hydrogen) atoms. The van der Waals surface area contributed by atoms with Crippen molar-refractivity contribution in [3.8, 4) is 0 Å². The van der Waals surface area contributed by atoms with Crippen molar-refractivity contribution >= 4 is 11.6 Å². The summed E-state index contributed by atoms with van der Waals surface area (Å²) in [6, 6.07) is 0. The summed E-state index contributed by atoms with van der Waals surface area (Å²) in [4.78, 5) is 0. The van der Waals surface area contributed by atoms with Gasteiger partial charge in [0.25, 0.3) is 0 Å². The molecule has 0 bridgehead atoms. The van der Waals surface area contributed by atoms with Gasteiger partial charge in [0, 0.05) is 5.88 Å². The second kappa shape index (κ2) is 3.73. The van der Waals surface area contributed by atoms with Gasteiger partial charge in [0.2, 0.25) is 0 Å². The Kier molecular flexibility index (Phi) is 2.85. The van der Waals surface area contributed by atoms with Crippen LogP contribution in [0.15, 0.2) is 23.8 Å². The molecule has 1 heteroatoms. The zero-order valence-corrected chi connectivity index (χ0v) is 6.19. The van der Waals surface area contributed by atoms with Crippen LogP contribution >= 0.6 is 11.6 Å². The van der Waals surface area contributed by atoms with Crippen molar-refractivity contribution in [3.63, 3.8) is 0 Å². The van der Waals surface area contributed by atoms with Crippen molar-refractivity contribution < 1.29 is 0 Å². The fraction of sp³-hybridized carbons (Fsp3) is 0.500. The minimum Gasteiger partial charge on any atom is -0.122 e. The number of hydrogen-bond acceptors (Lipinski definition) is 0. The maximum absolute atomic E-state index is 5.63. The van der Waals surface area contributed by atoms with Gasteiger partial charge in [0.1, 0.15) is 0 Å². The second-order valence-corrected chi connectivity index (χ2v) is 2.51. The molecule has 0 saturated heterocycles. The molecule has 1 rings (SSSR count). The third kappa shape index (κ3) is 2.23. The highest BCUT2D eigenvalue weighted by atomic mass is 35.5. The number of halogens is 1. The molecule has 0 atom stereocenters. The SMILES string of the molecule is ClCC1=CCCCC=C1. The fourth-order valence-electron chi connectivity index (χ4n) is 0.925. The summed E-state index contributed by atoms with van der Waals surface area (Å²) >= 11 is 5.63. The lowest BCUT2D eigenvalue weighted by Crippen LogP contribution is -1.75. The summed E-state index contributed by atoms with van der Waals surface area (Å²) < 4.78 is 0. The molecule has 0 aromatic carbocycles. The molecule has 0 N–H and O–H groups in total. The van der Waals surface area contributed by atoms with Crippen LogP contribution in [0.3, 0.4) is 0 Å². The van der Waals surface area contributed by atoms with E-state index < -0.39 is 0 Å². The lowest BCUT2D eigenvalue weighted by molar-refractivity contribution is 0.874. The van der Waals surface area contributed by atoms with E-state index in [0.29, 0.717) is 5.88 Å². The monoisotopic (exact) mass is 142 g/mol. The molecule has 0 heterocycles. The van der Waals surface area contributed by atoms with E-state index in [1.807, 2.05) is 0 Å². The van der Waals surface area contributed by atoms with E-state index in [4.69, 9.17) is 11.6 Å². The van der Waals surface area contributed by atoms with Gasteiger partial charge in [-0.15, -0.1) is 11.6 Å². The number of hydrogen-bond donors (Lipinski definition) is 0. The van der Waals surface area contributed by atoms with Gasteiger partial charge in [-0.3, -0.25) is 0 Å². The summed E-state index contributed by atoms with van der Waals surface area (Å²) in [7, 11) is 0. The van der Waals surface area contributed by atoms with E-state index in [1.54, 1.807) is 0 Å². The average Bonchev–Trinajstić information content (AvgIpc) is 2.13. The number of allylic oxidation sites excluding steroid dienone is 4. The second-order valence-electron chi connectivity index (χ2n) is 2.25. The number of alkyl halides is 1. The Morgan fingerprint density at radius 1 is 1.44 bits per heavy atom. The third-order valence-electron chi connectivity index (χ3n) is 1.47. The van der Waals surface area contributed by atoms with Crippen LogP contribution in [0.5, 0.6) is 0 Å². The van der Waals surface area contributed by atoms with Crippen molar-refractivity contribution in [3.05, 3.63) is 23.8 Å². The predicted octanol–water partition coefficient (Wildman–Crippen LogP) is 2.89. The van der Waals surface area contributed by atoms with Crippen LogP contribution in [0.4, 0.5) is 0 Å². The minimum atomic E-state index is 0.663.